The molecule has 1 aliphatic rings. The summed E-state index contributed by atoms with van der Waals surface area (Å²) in [6.45, 7) is 0. The molecule has 8 rings (SSSR count). The minimum absolute atomic E-state index is 0.0441. The van der Waals surface area contributed by atoms with E-state index in [-0.39, 0.29) is 61.4 Å². The Kier molecular flexibility index (Phi) is 11.1. The van der Waals surface area contributed by atoms with Gasteiger partial charge in [-0.15, -0.1) is 0 Å². The third-order valence-electron chi connectivity index (χ3n) is 10.3. The van der Waals surface area contributed by atoms with Crippen LogP contribution in [0.1, 0.15) is 42.2 Å². The molecule has 0 unspecified atom stereocenters. The fourth-order valence-electron chi connectivity index (χ4n) is 7.48. The normalized spacial score (nSPS) is 12.3. The summed E-state index contributed by atoms with van der Waals surface area (Å²) in [7, 11) is -13.4. The fraction of sp³-hybridized carbons (Fsp3) is 0.0488. The van der Waals surface area contributed by atoms with Gasteiger partial charge in [0.1, 0.15) is 20.4 Å². The van der Waals surface area contributed by atoms with Crippen molar-refractivity contribution in [1.82, 2.24) is 19.5 Å². The monoisotopic (exact) mass is 971 g/mol. The number of methoxy groups -OCH3 is 1. The lowest BCUT2D eigenvalue weighted by Crippen LogP contribution is -2.29. The maximum atomic E-state index is 14.6. The summed E-state index contributed by atoms with van der Waals surface area (Å²) in [4.78, 5) is 63.4. The van der Waals surface area contributed by atoms with Crippen molar-refractivity contribution in [2.75, 3.05) is 23.1 Å². The molecule has 2 heterocycles. The van der Waals surface area contributed by atoms with Crippen molar-refractivity contribution < 1.29 is 68.2 Å². The van der Waals surface area contributed by atoms with Crippen LogP contribution in [0.25, 0.3) is 22.0 Å². The summed E-state index contributed by atoms with van der Waals surface area (Å²) in [5.41, 5.74) is -4.02. The van der Waals surface area contributed by atoms with Crippen LogP contribution in [0.2, 0.25) is 0 Å². The number of ketones is 2. The number of nitrogens with one attached hydrogen (secondary N) is 3. The van der Waals surface area contributed by atoms with Gasteiger partial charge in [0.25, 0.3) is 35.9 Å². The number of aryl methyl sites for hydroxylation is 1. The molecule has 0 saturated heterocycles. The summed E-state index contributed by atoms with van der Waals surface area (Å²) in [5, 5.41) is 27.6. The number of benzene rings is 5. The van der Waals surface area contributed by atoms with Gasteiger partial charge in [-0.05, 0) is 60.2 Å². The molecule has 0 amide bonds. The summed E-state index contributed by atoms with van der Waals surface area (Å²) in [6, 6.07) is 17.0. The van der Waals surface area contributed by atoms with E-state index in [1.54, 1.807) is 0 Å². The van der Waals surface area contributed by atoms with Crippen molar-refractivity contribution in [3.63, 3.8) is 0 Å². The van der Waals surface area contributed by atoms with Gasteiger partial charge in [0.05, 0.1) is 52.1 Å². The molecule has 8 N–H and O–H groups in total. The first-order valence-electron chi connectivity index (χ1n) is 18.7. The largest absolute Gasteiger partial charge is 0.495 e. The third-order valence-corrected chi connectivity index (χ3v) is 13.0. The number of aromatic nitrogens is 4. The Bertz CT molecular complexity index is 3770. The molecule has 7 aromatic rings. The number of hydrogen-bond acceptors (Lipinski definition) is 18. The summed E-state index contributed by atoms with van der Waals surface area (Å²) in [5.74, 6) is -4.58. The van der Waals surface area contributed by atoms with E-state index in [1.807, 2.05) is 0 Å². The van der Waals surface area contributed by atoms with Gasteiger partial charge in [-0.25, -0.2) is 4.79 Å². The highest BCUT2D eigenvalue weighted by atomic mass is 32.2. The van der Waals surface area contributed by atoms with E-state index >= 15 is 0 Å². The number of ether oxygens (including phenoxy) is 1. The molecular weight excluding hydrogens is 943 g/mol. The minimum atomic E-state index is -5.43. The number of rotatable bonds is 13. The van der Waals surface area contributed by atoms with E-state index in [9.17, 15) is 68.3 Å². The first-order valence-corrected chi connectivity index (χ1v) is 23.1. The zero-order valence-electron chi connectivity index (χ0n) is 33.9. The number of carbonyl (C=O) groups excluding carboxylic acids is 2. The average Bonchev–Trinajstić information content (AvgIpc) is 3.25. The number of carbonyl (C=O) groups is 3. The van der Waals surface area contributed by atoms with Gasteiger partial charge in [-0.2, -0.15) is 40.2 Å². The number of pyridine rings is 1. The number of fused-ring (bicyclic) bond motifs is 2. The average molecular weight is 972 g/mol. The Balaban J connectivity index is 1.33. The van der Waals surface area contributed by atoms with E-state index in [0.29, 0.717) is 6.07 Å². The molecule has 2 aromatic heterocycles. The molecule has 0 atom stereocenters. The maximum Gasteiger partial charge on any atom is 0.337 e. The van der Waals surface area contributed by atoms with Gasteiger partial charge in [0, 0.05) is 29.1 Å². The van der Waals surface area contributed by atoms with Gasteiger partial charge in [-0.3, -0.25) is 28.0 Å². The highest BCUT2D eigenvalue weighted by Crippen LogP contribution is 2.45. The van der Waals surface area contributed by atoms with E-state index < -0.39 is 103 Å². The summed E-state index contributed by atoms with van der Waals surface area (Å²) < 4.78 is 113. The highest BCUT2D eigenvalue weighted by Gasteiger charge is 2.35. The lowest BCUT2D eigenvalue weighted by Gasteiger charge is -2.26. The highest BCUT2D eigenvalue weighted by molar-refractivity contribution is 7.87. The number of carboxylic acid groups (broad SMARTS) is 1. The van der Waals surface area contributed by atoms with Crippen molar-refractivity contribution >= 4 is 93.4 Å². The predicted molar refractivity (Wildman–Crippen MR) is 235 cm³/mol. The number of aromatic carboxylic acids is 1. The SMILES string of the molecule is COc1ccc(C(=O)c2c3c4c(c(Nc5cc(Nc6nc(O)nc(Nc7ccccc7C(=O)O)n6)c(S(=O)(=O)O)cc5S(=O)(=O)O)ccc4n(C)c2=O)C(=O)c2ccccc2-3)cc1S(=O)(=O)O. The van der Waals surface area contributed by atoms with Crippen molar-refractivity contribution in [2.24, 2.45) is 7.05 Å². The van der Waals surface area contributed by atoms with Crippen LogP contribution in [0.3, 0.4) is 0 Å². The Labute approximate surface area is 376 Å². The number of nitrogens with zero attached hydrogens (tertiary/aromatic N) is 4. The molecule has 0 saturated carbocycles. The molecule has 67 heavy (non-hydrogen) atoms. The van der Waals surface area contributed by atoms with Gasteiger partial charge in [0.15, 0.2) is 11.6 Å². The topological polar surface area (TPSA) is 361 Å². The van der Waals surface area contributed by atoms with Crippen LogP contribution in [0.5, 0.6) is 11.8 Å². The first kappa shape index (κ1) is 45.4. The Morgan fingerprint density at radius 2 is 1.22 bits per heavy atom. The molecule has 26 heteroatoms. The van der Waals surface area contributed by atoms with E-state index in [0.717, 1.165) is 35.9 Å². The van der Waals surface area contributed by atoms with Gasteiger partial charge < -0.3 is 35.5 Å². The van der Waals surface area contributed by atoms with Crippen molar-refractivity contribution in [3.05, 3.63) is 129 Å². The Hall–Kier alpha value is -8.14. The Morgan fingerprint density at radius 1 is 0.642 bits per heavy atom. The van der Waals surface area contributed by atoms with E-state index in [2.05, 4.69) is 30.9 Å². The van der Waals surface area contributed by atoms with Crippen LogP contribution in [0, 0.1) is 0 Å². The molecule has 5 aromatic carbocycles. The molecule has 0 aliphatic heterocycles. The second kappa shape index (κ2) is 16.4. The van der Waals surface area contributed by atoms with Crippen LogP contribution in [0.4, 0.5) is 34.6 Å². The number of aromatic hydroxyl groups is 1. The van der Waals surface area contributed by atoms with E-state index in [1.165, 1.54) is 67.7 Å². The van der Waals surface area contributed by atoms with Crippen molar-refractivity contribution in [3.8, 4) is 22.9 Å². The fourth-order valence-corrected chi connectivity index (χ4v) is 9.54. The molecule has 0 fully saturated rings. The summed E-state index contributed by atoms with van der Waals surface area (Å²) in [6.07, 6.45) is 0. The standard InChI is InChI=1S/C41H29N7O16S3/c1-48-26-13-12-23(32-33(26)31(19-7-3-4-8-20(19)36(32)50)34(37(48)51)35(49)18-11-14-27(64-2)30(15-18)67(61,62)63)42-24-16-25(29(66(58,59)60)17-28(24)65(55,56)57)44-40-45-39(46-41(54)47-40)43-22-10-6-5-9-21(22)38(52)53/h3-17,42H,1-2H3,(H,52,53)(H,55,56,57)(H,58,59,60)(H,61,62,63)(H3,43,44,45,46,47,54). The molecule has 0 bridgehead atoms. The lowest BCUT2D eigenvalue weighted by molar-refractivity contribution is 0.0697. The number of anilines is 6. The smallest absolute Gasteiger partial charge is 0.337 e. The quantitative estimate of drug-likeness (QED) is 0.0580. The maximum absolute atomic E-state index is 14.6. The minimum Gasteiger partial charge on any atom is -0.495 e. The number of hydrogen-bond donors (Lipinski definition) is 8. The Morgan fingerprint density at radius 3 is 1.84 bits per heavy atom. The second-order valence-electron chi connectivity index (χ2n) is 14.3. The van der Waals surface area contributed by atoms with Crippen LogP contribution in [-0.4, -0.2) is 93.3 Å². The van der Waals surface area contributed by atoms with Gasteiger partial charge in [-0.1, -0.05) is 36.4 Å². The second-order valence-corrected chi connectivity index (χ2v) is 18.5. The molecular formula is C41H29N7O16S3. The van der Waals surface area contributed by atoms with Crippen molar-refractivity contribution in [2.45, 2.75) is 14.7 Å². The molecule has 342 valence electrons. The van der Waals surface area contributed by atoms with Gasteiger partial charge in [0.2, 0.25) is 11.9 Å². The van der Waals surface area contributed by atoms with Crippen LogP contribution >= 0.6 is 0 Å². The molecule has 1 aliphatic carbocycles. The lowest BCUT2D eigenvalue weighted by atomic mass is 9.80. The zero-order valence-corrected chi connectivity index (χ0v) is 36.4. The third kappa shape index (κ3) is 8.26. The van der Waals surface area contributed by atoms with Crippen LogP contribution < -0.4 is 26.2 Å². The van der Waals surface area contributed by atoms with Crippen LogP contribution in [0.15, 0.2) is 110 Å². The predicted octanol–water partition coefficient (Wildman–Crippen LogP) is 4.55. The zero-order chi connectivity index (χ0) is 48.5. The number of carboxylic acids is 1. The molecule has 0 radical (unpaired) electrons. The van der Waals surface area contributed by atoms with E-state index in [4.69, 9.17) is 4.74 Å². The summed E-state index contributed by atoms with van der Waals surface area (Å²) >= 11 is 0. The van der Waals surface area contributed by atoms with Gasteiger partial charge >= 0.3 is 12.0 Å². The first-order chi connectivity index (χ1) is 31.5. The number of para-hydroxylation sites is 1. The molecule has 23 nitrogen and oxygen atoms in total. The van der Waals surface area contributed by atoms with Crippen molar-refractivity contribution in [1.29, 1.82) is 0 Å². The molecule has 0 spiro atoms. The van der Waals surface area contributed by atoms with Crippen LogP contribution in [-0.2, 0) is 37.4 Å².